The van der Waals surface area contributed by atoms with E-state index in [4.69, 9.17) is 5.26 Å². The number of ketones is 1. The van der Waals surface area contributed by atoms with Gasteiger partial charge in [-0.05, 0) is 36.2 Å². The van der Waals surface area contributed by atoms with E-state index in [0.717, 1.165) is 5.06 Å². The second-order valence-corrected chi connectivity index (χ2v) is 6.58. The van der Waals surface area contributed by atoms with Crippen LogP contribution < -0.4 is 5.32 Å². The number of Topliss-reactive ketones (excluding diaryl/α,β-unsaturated/α-hetero) is 1. The highest BCUT2D eigenvalue weighted by Crippen LogP contribution is 2.37. The summed E-state index contributed by atoms with van der Waals surface area (Å²) in [6.45, 7) is 0. The molecule has 7 heteroatoms. The Morgan fingerprint density at radius 2 is 1.86 bits per heavy atom. The summed E-state index contributed by atoms with van der Waals surface area (Å²) in [5.41, 5.74) is 2.44. The molecule has 1 aliphatic rings. The molecule has 0 amide bonds. The zero-order valence-corrected chi connectivity index (χ0v) is 15.2. The van der Waals surface area contributed by atoms with Crippen LogP contribution in [0.1, 0.15) is 42.0 Å². The molecule has 0 aromatic heterocycles. The Labute approximate surface area is 161 Å². The van der Waals surface area contributed by atoms with Gasteiger partial charge in [0.15, 0.2) is 5.78 Å². The first-order chi connectivity index (χ1) is 13.4. The number of nitriles is 1. The van der Waals surface area contributed by atoms with Gasteiger partial charge < -0.3 is 10.5 Å². The van der Waals surface area contributed by atoms with Crippen molar-refractivity contribution in [1.82, 2.24) is 5.06 Å². The number of rotatable bonds is 6. The molecule has 0 unspecified atom stereocenters. The first-order valence-corrected chi connectivity index (χ1v) is 8.74. The summed E-state index contributed by atoms with van der Waals surface area (Å²) in [4.78, 5) is 12.6. The van der Waals surface area contributed by atoms with E-state index in [1.165, 1.54) is 25.2 Å². The highest BCUT2D eigenvalue weighted by atomic mass is 19.3. The number of benzene rings is 2. The summed E-state index contributed by atoms with van der Waals surface area (Å²) in [7, 11) is 1.44. The van der Waals surface area contributed by atoms with E-state index in [2.05, 4.69) is 5.32 Å². The number of nitrogens with one attached hydrogen (secondary N) is 1. The summed E-state index contributed by atoms with van der Waals surface area (Å²) in [6.07, 6.45) is -1.89. The maximum absolute atomic E-state index is 13.0. The van der Waals surface area contributed by atoms with E-state index in [1.807, 2.05) is 6.07 Å². The molecule has 0 bridgehead atoms. The summed E-state index contributed by atoms with van der Waals surface area (Å²) in [6, 6.07) is 13.8. The number of nitrogens with zero attached hydrogens (tertiary/aromatic N) is 2. The van der Waals surface area contributed by atoms with Crippen molar-refractivity contribution in [1.29, 1.82) is 5.26 Å². The van der Waals surface area contributed by atoms with Crippen LogP contribution in [0.2, 0.25) is 0 Å². The van der Waals surface area contributed by atoms with Gasteiger partial charge in [0.25, 0.3) is 6.43 Å². The molecule has 0 fully saturated rings. The minimum Gasteiger partial charge on any atom is -0.358 e. The molecular weight excluding hydrogens is 364 g/mol. The van der Waals surface area contributed by atoms with Crippen LogP contribution in [-0.4, -0.2) is 23.1 Å². The van der Waals surface area contributed by atoms with E-state index < -0.39 is 12.5 Å². The lowest BCUT2D eigenvalue weighted by Crippen LogP contribution is -2.26. The maximum atomic E-state index is 13.0. The van der Waals surface area contributed by atoms with Crippen molar-refractivity contribution >= 4 is 11.5 Å². The fraction of sp³-hybridized carbons (Fsp3) is 0.238. The van der Waals surface area contributed by atoms with Crippen molar-refractivity contribution in [3.63, 3.8) is 0 Å². The molecule has 0 aliphatic heterocycles. The van der Waals surface area contributed by atoms with Crippen LogP contribution >= 0.6 is 0 Å². The van der Waals surface area contributed by atoms with Gasteiger partial charge >= 0.3 is 0 Å². The van der Waals surface area contributed by atoms with Gasteiger partial charge in [-0.15, -0.1) is 0 Å². The second-order valence-electron chi connectivity index (χ2n) is 6.58. The summed E-state index contributed by atoms with van der Waals surface area (Å²) < 4.78 is 25.9. The Bertz CT molecular complexity index is 947. The Kier molecular flexibility index (Phi) is 5.83. The Morgan fingerprint density at radius 3 is 2.46 bits per heavy atom. The fourth-order valence-corrected chi connectivity index (χ4v) is 3.36. The molecule has 0 saturated heterocycles. The van der Waals surface area contributed by atoms with Crippen LogP contribution in [0.25, 0.3) is 0 Å². The minimum atomic E-state index is -2.59. The van der Waals surface area contributed by atoms with Crippen LogP contribution in [0.3, 0.4) is 0 Å². The van der Waals surface area contributed by atoms with Crippen LogP contribution in [0.5, 0.6) is 0 Å². The van der Waals surface area contributed by atoms with Crippen molar-refractivity contribution < 1.29 is 18.8 Å². The van der Waals surface area contributed by atoms with Crippen LogP contribution in [-0.2, 0) is 4.79 Å². The third-order valence-corrected chi connectivity index (χ3v) is 4.66. The molecule has 0 saturated carbocycles. The van der Waals surface area contributed by atoms with E-state index >= 15 is 0 Å². The summed E-state index contributed by atoms with van der Waals surface area (Å²) in [5, 5.41) is 23.2. The maximum Gasteiger partial charge on any atom is 0.263 e. The first kappa shape index (κ1) is 19.7. The molecule has 2 aromatic carbocycles. The number of likely N-dealkylation sites (N-methyl/N-ethyl adjacent to an activating group) is 1. The van der Waals surface area contributed by atoms with Crippen molar-refractivity contribution in [2.45, 2.75) is 25.3 Å². The minimum absolute atomic E-state index is 0.112. The van der Waals surface area contributed by atoms with E-state index in [0.29, 0.717) is 34.5 Å². The van der Waals surface area contributed by atoms with Crippen LogP contribution in [0.15, 0.2) is 59.8 Å². The molecule has 2 N–H and O–H groups in total. The average molecular weight is 383 g/mol. The molecule has 28 heavy (non-hydrogen) atoms. The van der Waals surface area contributed by atoms with Crippen molar-refractivity contribution in [2.24, 2.45) is 0 Å². The molecule has 5 nitrogen and oxygen atoms in total. The lowest BCUT2D eigenvalue weighted by Gasteiger charge is -2.25. The highest BCUT2D eigenvalue weighted by Gasteiger charge is 2.33. The predicted molar refractivity (Wildman–Crippen MR) is 99.7 cm³/mol. The van der Waals surface area contributed by atoms with Crippen molar-refractivity contribution in [3.8, 4) is 6.07 Å². The summed E-state index contributed by atoms with van der Waals surface area (Å²) >= 11 is 0. The Hall–Kier alpha value is -3.08. The number of anilines is 1. The molecule has 0 radical (unpaired) electrons. The molecule has 2 aromatic rings. The van der Waals surface area contributed by atoms with Crippen molar-refractivity contribution in [2.75, 3.05) is 12.4 Å². The van der Waals surface area contributed by atoms with Gasteiger partial charge in [-0.1, -0.05) is 24.3 Å². The number of hydrogen-bond donors (Lipinski definition) is 2. The van der Waals surface area contributed by atoms with Gasteiger partial charge in [-0.2, -0.15) is 10.3 Å². The van der Waals surface area contributed by atoms with Gasteiger partial charge in [0.05, 0.1) is 17.7 Å². The molecule has 144 valence electrons. The van der Waals surface area contributed by atoms with Gasteiger partial charge in [-0.25, -0.2) is 8.78 Å². The van der Waals surface area contributed by atoms with Gasteiger partial charge in [-0.3, -0.25) is 4.79 Å². The predicted octanol–water partition coefficient (Wildman–Crippen LogP) is 4.59. The second kappa shape index (κ2) is 8.30. The largest absolute Gasteiger partial charge is 0.358 e. The molecule has 1 aliphatic carbocycles. The zero-order chi connectivity index (χ0) is 20.3. The normalized spacial score (nSPS) is 15.2. The van der Waals surface area contributed by atoms with E-state index in [9.17, 15) is 18.8 Å². The quantitative estimate of drug-likeness (QED) is 0.714. The molecule has 0 spiro atoms. The van der Waals surface area contributed by atoms with E-state index in [1.54, 1.807) is 30.3 Å². The number of allylic oxidation sites excluding steroid dienone is 1. The topological polar surface area (TPSA) is 76.4 Å². The third-order valence-electron chi connectivity index (χ3n) is 4.66. The highest BCUT2D eigenvalue weighted by molar-refractivity contribution is 6.00. The molecule has 3 rings (SSSR count). The average Bonchev–Trinajstić information content (AvgIpc) is 3.03. The third kappa shape index (κ3) is 4.09. The number of halogens is 2. The first-order valence-electron chi connectivity index (χ1n) is 8.74. The molecular formula is C21H19F2N3O2. The van der Waals surface area contributed by atoms with Gasteiger partial charge in [0.2, 0.25) is 0 Å². The number of carbonyl (C=O) groups excluding carboxylic acids is 1. The smallest absolute Gasteiger partial charge is 0.263 e. The number of hydrogen-bond acceptors (Lipinski definition) is 5. The van der Waals surface area contributed by atoms with E-state index in [-0.39, 0.29) is 17.8 Å². The Balaban J connectivity index is 1.99. The number of alkyl halides is 2. The molecule has 1 atom stereocenters. The van der Waals surface area contributed by atoms with Crippen LogP contribution in [0.4, 0.5) is 14.5 Å². The lowest BCUT2D eigenvalue weighted by molar-refractivity contribution is -0.121. The monoisotopic (exact) mass is 383 g/mol. The Morgan fingerprint density at radius 1 is 1.14 bits per heavy atom. The number of hydroxylamine groups is 2. The van der Waals surface area contributed by atoms with Crippen molar-refractivity contribution in [3.05, 3.63) is 76.5 Å². The lowest BCUT2D eigenvalue weighted by atomic mass is 9.95. The number of carbonyl (C=O) groups is 1. The van der Waals surface area contributed by atoms with Gasteiger partial charge in [0.1, 0.15) is 0 Å². The SMILES string of the molecule is CN(O)[C@H](C1=C(Nc2cccc(C(F)F)c2)CCC1=O)c1ccc(C#N)cc1. The fourth-order valence-electron chi connectivity index (χ4n) is 3.36. The summed E-state index contributed by atoms with van der Waals surface area (Å²) in [5.74, 6) is -0.122. The van der Waals surface area contributed by atoms with Gasteiger partial charge in [0, 0.05) is 36.0 Å². The standard InChI is InChI=1S/C21H19F2N3O2/c1-26(28)20(14-7-5-13(12-24)6-8-14)19-17(9-10-18(19)27)25-16-4-2-3-15(11-16)21(22)23/h2-8,11,20-21,25,28H,9-10H2,1H3/t20-/m0/s1. The molecule has 0 heterocycles. The van der Waals surface area contributed by atoms with Crippen LogP contribution in [0, 0.1) is 11.3 Å². The zero-order valence-electron chi connectivity index (χ0n) is 15.2.